The summed E-state index contributed by atoms with van der Waals surface area (Å²) in [6.45, 7) is 2.19. The van der Waals surface area contributed by atoms with Crippen molar-refractivity contribution in [2.75, 3.05) is 23.0 Å². The number of nitrogens with two attached hydrogens (primary N) is 1. The fraction of sp³-hybridized carbons (Fsp3) is 0.500. The molecule has 0 unspecified atom stereocenters. The lowest BCUT2D eigenvalue weighted by atomic mass is 10.4. The fourth-order valence-corrected chi connectivity index (χ4v) is 2.67. The Bertz CT molecular complexity index is 266. The molecule has 1 aromatic rings. The standard InChI is InChI=1S/C10H16N2S2/c1-2-13-7-4-8-14-10-9(11)5-3-6-12-10/h3,5-6H,2,4,7-8,11H2,1H3. The molecule has 0 amide bonds. The van der Waals surface area contributed by atoms with Gasteiger partial charge in [-0.3, -0.25) is 0 Å². The van der Waals surface area contributed by atoms with Crippen molar-refractivity contribution in [1.29, 1.82) is 0 Å². The maximum atomic E-state index is 5.77. The Morgan fingerprint density at radius 2 is 2.29 bits per heavy atom. The van der Waals surface area contributed by atoms with E-state index in [1.807, 2.05) is 23.9 Å². The Labute approximate surface area is 94.1 Å². The Morgan fingerprint density at radius 3 is 3.00 bits per heavy atom. The number of rotatable bonds is 6. The zero-order valence-corrected chi connectivity index (χ0v) is 10.0. The van der Waals surface area contributed by atoms with Crippen molar-refractivity contribution in [1.82, 2.24) is 4.98 Å². The molecule has 0 aliphatic carbocycles. The van der Waals surface area contributed by atoms with Crippen LogP contribution >= 0.6 is 23.5 Å². The molecule has 0 spiro atoms. The third kappa shape index (κ3) is 4.24. The third-order valence-corrected chi connectivity index (χ3v) is 3.77. The van der Waals surface area contributed by atoms with Gasteiger partial charge in [-0.2, -0.15) is 11.8 Å². The normalized spacial score (nSPS) is 10.4. The van der Waals surface area contributed by atoms with Crippen molar-refractivity contribution in [2.45, 2.75) is 18.4 Å². The quantitative estimate of drug-likeness (QED) is 0.600. The zero-order valence-electron chi connectivity index (χ0n) is 8.40. The SMILES string of the molecule is CCSCCCSc1ncccc1N. The summed E-state index contributed by atoms with van der Waals surface area (Å²) in [5, 5.41) is 0.967. The lowest BCUT2D eigenvalue weighted by Crippen LogP contribution is -1.92. The van der Waals surface area contributed by atoms with Crippen LogP contribution in [0.4, 0.5) is 5.69 Å². The highest BCUT2D eigenvalue weighted by molar-refractivity contribution is 8.00. The predicted octanol–water partition coefficient (Wildman–Crippen LogP) is 2.90. The number of hydrogen-bond acceptors (Lipinski definition) is 4. The summed E-state index contributed by atoms with van der Waals surface area (Å²) in [6.07, 6.45) is 3.01. The molecule has 0 saturated heterocycles. The van der Waals surface area contributed by atoms with E-state index in [1.165, 1.54) is 17.9 Å². The van der Waals surface area contributed by atoms with Gasteiger partial charge in [0, 0.05) is 11.9 Å². The van der Waals surface area contributed by atoms with Gasteiger partial charge in [-0.05, 0) is 30.1 Å². The summed E-state index contributed by atoms with van der Waals surface area (Å²) in [5.74, 6) is 3.54. The second kappa shape index (κ2) is 7.01. The van der Waals surface area contributed by atoms with Crippen molar-refractivity contribution < 1.29 is 0 Å². The van der Waals surface area contributed by atoms with Gasteiger partial charge in [0.15, 0.2) is 0 Å². The minimum atomic E-state index is 0.792. The average Bonchev–Trinajstić information content (AvgIpc) is 2.20. The first-order valence-corrected chi connectivity index (χ1v) is 6.89. The lowest BCUT2D eigenvalue weighted by Gasteiger charge is -2.02. The van der Waals surface area contributed by atoms with E-state index >= 15 is 0 Å². The molecule has 0 aliphatic heterocycles. The van der Waals surface area contributed by atoms with Crippen LogP contribution in [0.15, 0.2) is 23.4 Å². The molecular weight excluding hydrogens is 212 g/mol. The predicted molar refractivity (Wildman–Crippen MR) is 67.0 cm³/mol. The van der Waals surface area contributed by atoms with Gasteiger partial charge in [0.25, 0.3) is 0 Å². The molecule has 0 fully saturated rings. The highest BCUT2D eigenvalue weighted by Crippen LogP contribution is 2.22. The van der Waals surface area contributed by atoms with Crippen LogP contribution in [-0.2, 0) is 0 Å². The lowest BCUT2D eigenvalue weighted by molar-refractivity contribution is 1.10. The van der Waals surface area contributed by atoms with E-state index in [0.717, 1.165) is 16.5 Å². The maximum absolute atomic E-state index is 5.77. The summed E-state index contributed by atoms with van der Waals surface area (Å²) < 4.78 is 0. The largest absolute Gasteiger partial charge is 0.397 e. The highest BCUT2D eigenvalue weighted by atomic mass is 32.2. The molecule has 2 nitrogen and oxygen atoms in total. The molecule has 0 bridgehead atoms. The molecule has 0 saturated carbocycles. The molecular formula is C10H16N2S2. The zero-order chi connectivity index (χ0) is 10.2. The second-order valence-corrected chi connectivity index (χ2v) is 5.27. The van der Waals surface area contributed by atoms with Gasteiger partial charge in [-0.1, -0.05) is 6.92 Å². The molecule has 14 heavy (non-hydrogen) atoms. The van der Waals surface area contributed by atoms with Gasteiger partial charge in [0.2, 0.25) is 0 Å². The van der Waals surface area contributed by atoms with Gasteiger partial charge in [0.1, 0.15) is 5.03 Å². The Balaban J connectivity index is 2.21. The van der Waals surface area contributed by atoms with Crippen LogP contribution < -0.4 is 5.73 Å². The van der Waals surface area contributed by atoms with E-state index in [2.05, 4.69) is 11.9 Å². The van der Waals surface area contributed by atoms with Crippen molar-refractivity contribution in [3.05, 3.63) is 18.3 Å². The van der Waals surface area contributed by atoms with Gasteiger partial charge in [-0.15, -0.1) is 11.8 Å². The smallest absolute Gasteiger partial charge is 0.119 e. The second-order valence-electron chi connectivity index (χ2n) is 2.80. The van der Waals surface area contributed by atoms with Gasteiger partial charge < -0.3 is 5.73 Å². The van der Waals surface area contributed by atoms with Crippen molar-refractivity contribution in [3.63, 3.8) is 0 Å². The first-order chi connectivity index (χ1) is 6.84. The van der Waals surface area contributed by atoms with E-state index in [-0.39, 0.29) is 0 Å². The van der Waals surface area contributed by atoms with E-state index in [0.29, 0.717) is 0 Å². The van der Waals surface area contributed by atoms with Crippen LogP contribution in [0.5, 0.6) is 0 Å². The molecule has 0 atom stereocenters. The molecule has 4 heteroatoms. The van der Waals surface area contributed by atoms with Crippen LogP contribution in [0.3, 0.4) is 0 Å². The molecule has 0 aliphatic rings. The van der Waals surface area contributed by atoms with Crippen LogP contribution in [0.2, 0.25) is 0 Å². The van der Waals surface area contributed by atoms with Crippen LogP contribution in [-0.4, -0.2) is 22.2 Å². The van der Waals surface area contributed by atoms with E-state index in [9.17, 15) is 0 Å². The van der Waals surface area contributed by atoms with Gasteiger partial charge >= 0.3 is 0 Å². The summed E-state index contributed by atoms with van der Waals surface area (Å²) in [6, 6.07) is 3.77. The molecule has 2 N–H and O–H groups in total. The molecule has 1 rings (SSSR count). The number of aromatic nitrogens is 1. The van der Waals surface area contributed by atoms with E-state index in [1.54, 1.807) is 18.0 Å². The van der Waals surface area contributed by atoms with Crippen LogP contribution in [0.1, 0.15) is 13.3 Å². The van der Waals surface area contributed by atoms with Crippen molar-refractivity contribution >= 4 is 29.2 Å². The number of nitrogen functional groups attached to an aromatic ring is 1. The van der Waals surface area contributed by atoms with Crippen LogP contribution in [0.25, 0.3) is 0 Å². The minimum Gasteiger partial charge on any atom is -0.397 e. The van der Waals surface area contributed by atoms with Gasteiger partial charge in [0.05, 0.1) is 5.69 Å². The first-order valence-electron chi connectivity index (χ1n) is 4.75. The summed E-state index contributed by atoms with van der Waals surface area (Å²) in [5.41, 5.74) is 6.57. The number of hydrogen-bond donors (Lipinski definition) is 1. The Kier molecular flexibility index (Phi) is 5.87. The molecule has 1 heterocycles. The number of thioether (sulfide) groups is 2. The number of anilines is 1. The first kappa shape index (κ1) is 11.7. The number of pyridine rings is 1. The monoisotopic (exact) mass is 228 g/mol. The maximum Gasteiger partial charge on any atom is 0.119 e. The minimum absolute atomic E-state index is 0.792. The van der Waals surface area contributed by atoms with Crippen molar-refractivity contribution in [2.24, 2.45) is 0 Å². The highest BCUT2D eigenvalue weighted by Gasteiger charge is 1.99. The number of nitrogens with zero attached hydrogens (tertiary/aromatic N) is 1. The molecule has 0 radical (unpaired) electrons. The average molecular weight is 228 g/mol. The molecule has 78 valence electrons. The summed E-state index contributed by atoms with van der Waals surface area (Å²) in [4.78, 5) is 4.23. The summed E-state index contributed by atoms with van der Waals surface area (Å²) >= 11 is 3.73. The van der Waals surface area contributed by atoms with E-state index in [4.69, 9.17) is 5.73 Å². The summed E-state index contributed by atoms with van der Waals surface area (Å²) in [7, 11) is 0. The third-order valence-electron chi connectivity index (χ3n) is 1.68. The Morgan fingerprint density at radius 1 is 1.43 bits per heavy atom. The van der Waals surface area contributed by atoms with Gasteiger partial charge in [-0.25, -0.2) is 4.98 Å². The Hall–Kier alpha value is -0.350. The van der Waals surface area contributed by atoms with Crippen molar-refractivity contribution in [3.8, 4) is 0 Å². The molecule has 1 aromatic heterocycles. The fourth-order valence-electron chi connectivity index (χ4n) is 0.998. The topological polar surface area (TPSA) is 38.9 Å². The van der Waals surface area contributed by atoms with Crippen LogP contribution in [0, 0.1) is 0 Å². The molecule has 0 aromatic carbocycles. The van der Waals surface area contributed by atoms with E-state index < -0.39 is 0 Å².